The van der Waals surface area contributed by atoms with E-state index in [4.69, 9.17) is 9.47 Å². The molecule has 0 radical (unpaired) electrons. The first-order valence-corrected chi connectivity index (χ1v) is 10.2. The van der Waals surface area contributed by atoms with Crippen LogP contribution in [-0.2, 0) is 23.6 Å². The lowest BCUT2D eigenvalue weighted by atomic mass is 10.3. The number of morpholine rings is 1. The number of aromatic nitrogens is 4. The van der Waals surface area contributed by atoms with Crippen molar-refractivity contribution in [2.75, 3.05) is 40.0 Å². The van der Waals surface area contributed by atoms with Gasteiger partial charge in [-0.05, 0) is 42.4 Å². The third-order valence-corrected chi connectivity index (χ3v) is 4.73. The molecule has 0 aliphatic carbocycles. The molecule has 2 aromatic heterocycles. The number of carbonyl (C=O) groups is 1. The molecular formula is C19H32BrN5O3. The number of hydrogen-bond donors (Lipinski definition) is 0. The number of aryl methyl sites for hydroxylation is 3. The monoisotopic (exact) mass is 457 g/mol. The van der Waals surface area contributed by atoms with E-state index in [-0.39, 0.29) is 5.97 Å². The third kappa shape index (κ3) is 9.48. The summed E-state index contributed by atoms with van der Waals surface area (Å²) < 4.78 is 14.5. The lowest BCUT2D eigenvalue weighted by Crippen LogP contribution is -2.32. The summed E-state index contributed by atoms with van der Waals surface area (Å²) in [6, 6.07) is 1.65. The van der Waals surface area contributed by atoms with Gasteiger partial charge in [-0.1, -0.05) is 13.3 Å². The van der Waals surface area contributed by atoms with Gasteiger partial charge in [-0.2, -0.15) is 10.2 Å². The van der Waals surface area contributed by atoms with Crippen molar-refractivity contribution >= 4 is 21.9 Å². The summed E-state index contributed by atoms with van der Waals surface area (Å²) in [6.45, 7) is 8.52. The van der Waals surface area contributed by atoms with Gasteiger partial charge in [0.1, 0.15) is 5.69 Å². The molecule has 0 atom stereocenters. The van der Waals surface area contributed by atoms with E-state index in [0.717, 1.165) is 49.3 Å². The van der Waals surface area contributed by atoms with Crippen LogP contribution in [0.4, 0.5) is 0 Å². The van der Waals surface area contributed by atoms with Gasteiger partial charge in [-0.25, -0.2) is 4.79 Å². The summed E-state index contributed by atoms with van der Waals surface area (Å²) in [5.74, 6) is -0.298. The standard InChI is InChI=1S/C9H14N2O2.C5H7BrN2.C5H11NO/c1-3-4-7-13-9(12)8-5-6-10-11(8)2;1-4-5(6)3-8(2)7-4;1-6-2-4-7-5-3-6/h5-6H,3-4,7H2,1-2H3;3H,1-2H3;2-5H2,1H3. The average molecular weight is 458 g/mol. The van der Waals surface area contributed by atoms with Gasteiger partial charge >= 0.3 is 5.97 Å². The lowest BCUT2D eigenvalue weighted by Gasteiger charge is -2.21. The Bertz CT molecular complexity index is 676. The van der Waals surface area contributed by atoms with Gasteiger partial charge in [0.05, 0.1) is 30.0 Å². The molecule has 0 unspecified atom stereocenters. The highest BCUT2D eigenvalue weighted by Gasteiger charge is 2.10. The van der Waals surface area contributed by atoms with Crippen molar-refractivity contribution in [1.29, 1.82) is 0 Å². The van der Waals surface area contributed by atoms with Crippen molar-refractivity contribution in [2.24, 2.45) is 14.1 Å². The topological polar surface area (TPSA) is 74.4 Å². The molecule has 3 heterocycles. The number of halogens is 1. The summed E-state index contributed by atoms with van der Waals surface area (Å²) >= 11 is 3.33. The van der Waals surface area contributed by atoms with E-state index < -0.39 is 0 Å². The number of likely N-dealkylation sites (N-methyl/N-ethyl adjacent to an activating group) is 1. The fourth-order valence-electron chi connectivity index (χ4n) is 2.18. The molecule has 2 aromatic rings. The van der Waals surface area contributed by atoms with Gasteiger partial charge in [0.25, 0.3) is 0 Å². The van der Waals surface area contributed by atoms with E-state index in [1.54, 1.807) is 24.0 Å². The number of unbranched alkanes of at least 4 members (excludes halogenated alkanes) is 1. The maximum atomic E-state index is 11.3. The second-order valence-electron chi connectivity index (χ2n) is 6.48. The number of ether oxygens (including phenoxy) is 2. The van der Waals surface area contributed by atoms with Crippen molar-refractivity contribution < 1.29 is 14.3 Å². The zero-order valence-electron chi connectivity index (χ0n) is 17.5. The van der Waals surface area contributed by atoms with Crippen molar-refractivity contribution in [1.82, 2.24) is 24.5 Å². The molecule has 8 nitrogen and oxygen atoms in total. The van der Waals surface area contributed by atoms with Gasteiger partial charge in [0.2, 0.25) is 0 Å². The summed E-state index contributed by atoms with van der Waals surface area (Å²) in [5.41, 5.74) is 1.53. The first-order valence-electron chi connectivity index (χ1n) is 9.42. The number of esters is 1. The Kier molecular flexibility index (Phi) is 11.7. The number of rotatable bonds is 4. The molecule has 0 spiro atoms. The molecule has 1 aliphatic heterocycles. The second kappa shape index (κ2) is 13.5. The summed E-state index contributed by atoms with van der Waals surface area (Å²) in [5, 5.41) is 7.96. The normalized spacial score (nSPS) is 13.8. The first kappa shape index (κ1) is 24.3. The van der Waals surface area contributed by atoms with E-state index in [2.05, 4.69) is 45.0 Å². The SMILES string of the molecule is CCCCOC(=O)c1ccnn1C.CN1CCOCC1.Cc1nn(C)cc1Br. The van der Waals surface area contributed by atoms with E-state index in [9.17, 15) is 4.79 Å². The minimum atomic E-state index is -0.298. The molecule has 28 heavy (non-hydrogen) atoms. The first-order chi connectivity index (χ1) is 13.3. The van der Waals surface area contributed by atoms with E-state index >= 15 is 0 Å². The maximum Gasteiger partial charge on any atom is 0.356 e. The largest absolute Gasteiger partial charge is 0.461 e. The summed E-state index contributed by atoms with van der Waals surface area (Å²) in [4.78, 5) is 13.6. The molecule has 0 bridgehead atoms. The molecule has 0 saturated carbocycles. The third-order valence-electron chi connectivity index (χ3n) is 3.95. The van der Waals surface area contributed by atoms with Gasteiger partial charge in [0.15, 0.2) is 0 Å². The van der Waals surface area contributed by atoms with Crippen LogP contribution in [0.1, 0.15) is 35.9 Å². The van der Waals surface area contributed by atoms with Crippen LogP contribution in [-0.4, -0.2) is 70.4 Å². The Labute approximate surface area is 175 Å². The Morgan fingerprint density at radius 2 is 1.96 bits per heavy atom. The van der Waals surface area contributed by atoms with Crippen LogP contribution < -0.4 is 0 Å². The molecule has 1 aliphatic rings. The van der Waals surface area contributed by atoms with Crippen molar-refractivity contribution in [3.63, 3.8) is 0 Å². The van der Waals surface area contributed by atoms with Crippen molar-refractivity contribution in [2.45, 2.75) is 26.7 Å². The van der Waals surface area contributed by atoms with E-state index in [0.29, 0.717) is 12.3 Å². The van der Waals surface area contributed by atoms with Crippen molar-refractivity contribution in [3.05, 3.63) is 34.3 Å². The van der Waals surface area contributed by atoms with Crippen LogP contribution in [0, 0.1) is 6.92 Å². The number of carbonyl (C=O) groups excluding carboxylic acids is 1. The van der Waals surface area contributed by atoms with Crippen LogP contribution >= 0.6 is 15.9 Å². The quantitative estimate of drug-likeness (QED) is 0.518. The Hall–Kier alpha value is -1.71. The number of hydrogen-bond acceptors (Lipinski definition) is 6. The van der Waals surface area contributed by atoms with Gasteiger partial charge in [-0.15, -0.1) is 0 Å². The predicted molar refractivity (Wildman–Crippen MR) is 112 cm³/mol. The van der Waals surface area contributed by atoms with Gasteiger partial charge in [0, 0.05) is 39.6 Å². The van der Waals surface area contributed by atoms with Crippen LogP contribution in [0.25, 0.3) is 0 Å². The fraction of sp³-hybridized carbons (Fsp3) is 0.632. The Morgan fingerprint density at radius 1 is 1.29 bits per heavy atom. The molecular weight excluding hydrogens is 426 g/mol. The summed E-state index contributed by atoms with van der Waals surface area (Å²) in [7, 11) is 5.73. The molecule has 158 valence electrons. The molecule has 0 N–H and O–H groups in total. The zero-order chi connectivity index (χ0) is 20.9. The Balaban J connectivity index is 0.000000224. The highest BCUT2D eigenvalue weighted by atomic mass is 79.9. The molecule has 9 heteroatoms. The van der Waals surface area contributed by atoms with Crippen molar-refractivity contribution in [3.8, 4) is 0 Å². The molecule has 0 aromatic carbocycles. The Morgan fingerprint density at radius 3 is 2.32 bits per heavy atom. The second-order valence-corrected chi connectivity index (χ2v) is 7.34. The molecule has 0 amide bonds. The zero-order valence-corrected chi connectivity index (χ0v) is 19.1. The minimum absolute atomic E-state index is 0.298. The molecule has 1 saturated heterocycles. The van der Waals surface area contributed by atoms with Gasteiger partial charge in [-0.3, -0.25) is 9.36 Å². The predicted octanol–water partition coefficient (Wildman–Crippen LogP) is 2.82. The highest BCUT2D eigenvalue weighted by molar-refractivity contribution is 9.10. The average Bonchev–Trinajstić information content (AvgIpc) is 3.21. The van der Waals surface area contributed by atoms with E-state index in [1.165, 1.54) is 4.68 Å². The highest BCUT2D eigenvalue weighted by Crippen LogP contribution is 2.11. The van der Waals surface area contributed by atoms with Crippen LogP contribution in [0.15, 0.2) is 22.9 Å². The fourth-order valence-corrected chi connectivity index (χ4v) is 2.56. The molecule has 3 rings (SSSR count). The van der Waals surface area contributed by atoms with Crippen LogP contribution in [0.2, 0.25) is 0 Å². The smallest absolute Gasteiger partial charge is 0.356 e. The maximum absolute atomic E-state index is 11.3. The number of nitrogens with zero attached hydrogens (tertiary/aromatic N) is 5. The van der Waals surface area contributed by atoms with E-state index in [1.807, 2.05) is 20.2 Å². The molecule has 1 fully saturated rings. The van der Waals surface area contributed by atoms with Gasteiger partial charge < -0.3 is 14.4 Å². The van der Waals surface area contributed by atoms with Crippen LogP contribution in [0.5, 0.6) is 0 Å². The van der Waals surface area contributed by atoms with Crippen LogP contribution in [0.3, 0.4) is 0 Å². The lowest BCUT2D eigenvalue weighted by molar-refractivity contribution is 0.0486. The minimum Gasteiger partial charge on any atom is -0.461 e. The summed E-state index contributed by atoms with van der Waals surface area (Å²) in [6.07, 6.45) is 5.44.